The summed E-state index contributed by atoms with van der Waals surface area (Å²) in [5, 5.41) is 13.7. The van der Waals surface area contributed by atoms with Gasteiger partial charge in [-0.2, -0.15) is 0 Å². The molecule has 178 valence electrons. The molecule has 1 N–H and O–H groups in total. The van der Waals surface area contributed by atoms with Crippen molar-refractivity contribution in [3.8, 4) is 5.75 Å². The van der Waals surface area contributed by atoms with E-state index in [2.05, 4.69) is 5.32 Å². The molecule has 2 aromatic rings. The fourth-order valence-corrected chi connectivity index (χ4v) is 4.00. The Bertz CT molecular complexity index is 1120. The first-order chi connectivity index (χ1) is 15.5. The van der Waals surface area contributed by atoms with Crippen molar-refractivity contribution >= 4 is 33.2 Å². The van der Waals surface area contributed by atoms with E-state index in [0.29, 0.717) is 0 Å². The number of ether oxygens (including phenoxy) is 1. The van der Waals surface area contributed by atoms with E-state index in [9.17, 15) is 28.1 Å². The van der Waals surface area contributed by atoms with Gasteiger partial charge in [-0.25, -0.2) is 8.42 Å². The van der Waals surface area contributed by atoms with Gasteiger partial charge in [0.05, 0.1) is 18.3 Å². The van der Waals surface area contributed by atoms with Crippen molar-refractivity contribution in [2.75, 3.05) is 31.3 Å². The van der Waals surface area contributed by atoms with Gasteiger partial charge in [0.15, 0.2) is 0 Å². The van der Waals surface area contributed by atoms with Crippen LogP contribution >= 0.6 is 0 Å². The van der Waals surface area contributed by atoms with Gasteiger partial charge in [0.2, 0.25) is 21.8 Å². The van der Waals surface area contributed by atoms with Gasteiger partial charge >= 0.3 is 0 Å². The van der Waals surface area contributed by atoms with E-state index in [4.69, 9.17) is 4.74 Å². The highest BCUT2D eigenvalue weighted by Gasteiger charge is 2.31. The zero-order valence-electron chi connectivity index (χ0n) is 18.7. The number of likely N-dealkylation sites (N-methyl/N-ethyl adjacent to an activating group) is 1. The summed E-state index contributed by atoms with van der Waals surface area (Å²) in [5.74, 6) is -1.07. The van der Waals surface area contributed by atoms with Crippen LogP contribution < -0.4 is 14.4 Å². The van der Waals surface area contributed by atoms with Crippen molar-refractivity contribution in [3.05, 3.63) is 64.2 Å². The van der Waals surface area contributed by atoms with Crippen molar-refractivity contribution in [1.82, 2.24) is 10.2 Å². The molecule has 33 heavy (non-hydrogen) atoms. The van der Waals surface area contributed by atoms with Crippen LogP contribution in [-0.2, 0) is 26.2 Å². The summed E-state index contributed by atoms with van der Waals surface area (Å²) in [4.78, 5) is 37.4. The summed E-state index contributed by atoms with van der Waals surface area (Å²) in [6.45, 7) is 0.890. The first kappa shape index (κ1) is 25.6. The molecule has 1 atom stereocenters. The second kappa shape index (κ2) is 10.8. The number of nitrogens with one attached hydrogen (secondary N) is 1. The predicted octanol–water partition coefficient (Wildman–Crippen LogP) is 1.53. The summed E-state index contributed by atoms with van der Waals surface area (Å²) in [7, 11) is -1.35. The van der Waals surface area contributed by atoms with Crippen LogP contribution in [0.15, 0.2) is 48.5 Å². The molecule has 0 aliphatic carbocycles. The van der Waals surface area contributed by atoms with Crippen LogP contribution in [0.4, 0.5) is 11.4 Å². The van der Waals surface area contributed by atoms with Gasteiger partial charge in [-0.05, 0) is 18.6 Å². The van der Waals surface area contributed by atoms with Crippen molar-refractivity contribution in [2.45, 2.75) is 19.5 Å². The molecule has 2 amide bonds. The lowest BCUT2D eigenvalue weighted by Crippen LogP contribution is -2.50. The highest BCUT2D eigenvalue weighted by molar-refractivity contribution is 7.92. The Morgan fingerprint density at radius 1 is 1.18 bits per heavy atom. The number of nitro groups is 1. The van der Waals surface area contributed by atoms with Crippen LogP contribution in [0.2, 0.25) is 0 Å². The number of non-ortho nitro benzene ring substituents is 1. The van der Waals surface area contributed by atoms with Crippen molar-refractivity contribution in [3.63, 3.8) is 0 Å². The molecule has 0 saturated carbocycles. The Morgan fingerprint density at radius 3 is 2.33 bits per heavy atom. The number of amides is 2. The number of benzene rings is 2. The monoisotopic (exact) mass is 478 g/mol. The largest absolute Gasteiger partial charge is 0.495 e. The van der Waals surface area contributed by atoms with Crippen molar-refractivity contribution < 1.29 is 27.7 Å². The number of carbonyl (C=O) groups is 2. The van der Waals surface area contributed by atoms with Gasteiger partial charge in [-0.1, -0.05) is 30.3 Å². The number of hydrogen-bond acceptors (Lipinski definition) is 7. The minimum Gasteiger partial charge on any atom is -0.495 e. The van der Waals surface area contributed by atoms with E-state index in [1.807, 2.05) is 0 Å². The van der Waals surface area contributed by atoms with E-state index < -0.39 is 39.3 Å². The first-order valence-electron chi connectivity index (χ1n) is 9.84. The van der Waals surface area contributed by atoms with Crippen LogP contribution in [0.25, 0.3) is 0 Å². The lowest BCUT2D eigenvalue weighted by atomic mass is 10.1. The molecule has 11 nitrogen and oxygen atoms in total. The summed E-state index contributed by atoms with van der Waals surface area (Å²) in [6, 6.07) is 11.4. The van der Waals surface area contributed by atoms with E-state index in [0.717, 1.165) is 22.2 Å². The van der Waals surface area contributed by atoms with Crippen LogP contribution in [0.5, 0.6) is 5.75 Å². The van der Waals surface area contributed by atoms with E-state index in [1.165, 1.54) is 38.1 Å². The van der Waals surface area contributed by atoms with Gasteiger partial charge in [0.25, 0.3) is 5.69 Å². The molecule has 0 saturated heterocycles. The average molecular weight is 479 g/mol. The number of rotatable bonds is 10. The molecular formula is C21H26N4O7S. The molecule has 12 heteroatoms. The Kier molecular flexibility index (Phi) is 8.35. The summed E-state index contributed by atoms with van der Waals surface area (Å²) in [5.41, 5.74) is 0.210. The van der Waals surface area contributed by atoms with Gasteiger partial charge in [-0.15, -0.1) is 0 Å². The zero-order chi connectivity index (χ0) is 24.8. The Hall–Kier alpha value is -3.67. The summed E-state index contributed by atoms with van der Waals surface area (Å²) >= 11 is 0. The van der Waals surface area contributed by atoms with E-state index >= 15 is 0 Å². The second-order valence-corrected chi connectivity index (χ2v) is 9.09. The third-order valence-electron chi connectivity index (χ3n) is 4.93. The van der Waals surface area contributed by atoms with Gasteiger partial charge in [0, 0.05) is 25.7 Å². The minimum absolute atomic E-state index is 0.0350. The minimum atomic E-state index is -4.06. The molecule has 0 bridgehead atoms. The van der Waals surface area contributed by atoms with Crippen LogP contribution in [0.1, 0.15) is 12.5 Å². The maximum absolute atomic E-state index is 13.3. The highest BCUT2D eigenvalue weighted by Crippen LogP contribution is 2.33. The van der Waals surface area contributed by atoms with E-state index in [-0.39, 0.29) is 23.7 Å². The van der Waals surface area contributed by atoms with Gasteiger partial charge in [0.1, 0.15) is 24.0 Å². The molecule has 0 aromatic heterocycles. The zero-order valence-corrected chi connectivity index (χ0v) is 19.5. The van der Waals surface area contributed by atoms with Crippen LogP contribution in [0.3, 0.4) is 0 Å². The maximum Gasteiger partial charge on any atom is 0.271 e. The quantitative estimate of drug-likeness (QED) is 0.403. The normalized spacial score (nSPS) is 11.9. The van der Waals surface area contributed by atoms with Crippen LogP contribution in [0, 0.1) is 10.1 Å². The summed E-state index contributed by atoms with van der Waals surface area (Å²) in [6.07, 6.45) is 0.877. The Labute approximate surface area is 192 Å². The lowest BCUT2D eigenvalue weighted by molar-refractivity contribution is -0.384. The Balaban J connectivity index is 2.50. The van der Waals surface area contributed by atoms with Crippen molar-refractivity contribution in [2.24, 2.45) is 0 Å². The molecule has 0 unspecified atom stereocenters. The maximum atomic E-state index is 13.3. The molecule has 2 rings (SSSR count). The first-order valence-corrected chi connectivity index (χ1v) is 11.7. The second-order valence-electron chi connectivity index (χ2n) is 7.18. The molecule has 0 spiro atoms. The van der Waals surface area contributed by atoms with Gasteiger partial charge < -0.3 is 15.0 Å². The van der Waals surface area contributed by atoms with Crippen LogP contribution in [-0.4, -0.2) is 63.1 Å². The number of nitro benzene ring substituents is 1. The number of carbonyl (C=O) groups excluding carboxylic acids is 2. The lowest BCUT2D eigenvalue weighted by Gasteiger charge is -2.31. The molecule has 0 heterocycles. The molecular weight excluding hydrogens is 452 g/mol. The predicted molar refractivity (Wildman–Crippen MR) is 122 cm³/mol. The molecule has 0 fully saturated rings. The third kappa shape index (κ3) is 6.42. The number of hydrogen-bond donors (Lipinski definition) is 1. The Morgan fingerprint density at radius 2 is 1.82 bits per heavy atom. The highest BCUT2D eigenvalue weighted by atomic mass is 32.2. The SMILES string of the molecule is CNC(=O)[C@H](C)N(Cc1ccccc1)C(=O)CN(c1cc([N+](=O)[O-])ccc1OC)S(C)(=O)=O. The standard InChI is InChI=1S/C21H26N4O7S/c1-15(21(27)22-2)23(13-16-8-6-5-7-9-16)20(26)14-24(33(4,30)31)18-12-17(25(28)29)10-11-19(18)32-3/h5-12,15H,13-14H2,1-4H3,(H,22,27)/t15-/m0/s1. The van der Waals surface area contributed by atoms with E-state index in [1.54, 1.807) is 30.3 Å². The number of anilines is 1. The molecule has 0 radical (unpaired) electrons. The van der Waals surface area contributed by atoms with Crippen molar-refractivity contribution in [1.29, 1.82) is 0 Å². The molecule has 0 aliphatic heterocycles. The van der Waals surface area contributed by atoms with Gasteiger partial charge in [-0.3, -0.25) is 24.0 Å². The summed E-state index contributed by atoms with van der Waals surface area (Å²) < 4.78 is 31.1. The number of sulfonamides is 1. The fourth-order valence-electron chi connectivity index (χ4n) is 3.15. The fraction of sp³-hybridized carbons (Fsp3) is 0.333. The topological polar surface area (TPSA) is 139 Å². The average Bonchev–Trinajstić information content (AvgIpc) is 2.79. The smallest absolute Gasteiger partial charge is 0.271 e. The molecule has 2 aromatic carbocycles. The number of nitrogens with zero attached hydrogens (tertiary/aromatic N) is 3. The molecule has 0 aliphatic rings. The number of methoxy groups -OCH3 is 1. The third-order valence-corrected chi connectivity index (χ3v) is 6.06.